The Morgan fingerprint density at radius 1 is 1.30 bits per heavy atom. The third kappa shape index (κ3) is 2.85. The van der Waals surface area contributed by atoms with Crippen molar-refractivity contribution in [1.29, 1.82) is 0 Å². The van der Waals surface area contributed by atoms with Gasteiger partial charge in [0.05, 0.1) is 30.0 Å². The number of hydrogen-bond acceptors (Lipinski definition) is 5. The van der Waals surface area contributed by atoms with Gasteiger partial charge in [0.1, 0.15) is 5.82 Å². The fourth-order valence-electron chi connectivity index (χ4n) is 3.72. The highest BCUT2D eigenvalue weighted by molar-refractivity contribution is 5.95. The minimum Gasteiger partial charge on any atom is -0.375 e. The number of aromatic nitrogens is 2. The summed E-state index contributed by atoms with van der Waals surface area (Å²) in [6.45, 7) is 5.11. The molecule has 0 aromatic carbocycles. The van der Waals surface area contributed by atoms with Gasteiger partial charge >= 0.3 is 0 Å². The molecule has 4 rings (SSSR count). The third-order valence-corrected chi connectivity index (χ3v) is 5.28. The monoisotopic (exact) mass is 316 g/mol. The van der Waals surface area contributed by atoms with E-state index < -0.39 is 0 Å². The number of rotatable bonds is 2. The molecule has 1 saturated carbocycles. The van der Waals surface area contributed by atoms with E-state index in [2.05, 4.69) is 21.9 Å². The van der Waals surface area contributed by atoms with E-state index in [1.165, 1.54) is 0 Å². The first-order valence-corrected chi connectivity index (χ1v) is 8.58. The zero-order valence-electron chi connectivity index (χ0n) is 13.9. The molecular formula is C17H24N4O2. The molecule has 1 amide bonds. The number of likely N-dealkylation sites (tertiary alicyclic amines) is 1. The van der Waals surface area contributed by atoms with Gasteiger partial charge in [-0.3, -0.25) is 9.69 Å². The van der Waals surface area contributed by atoms with E-state index in [0.29, 0.717) is 17.5 Å². The van der Waals surface area contributed by atoms with E-state index in [-0.39, 0.29) is 12.0 Å². The summed E-state index contributed by atoms with van der Waals surface area (Å²) in [5.74, 6) is 1.29. The quantitative estimate of drug-likeness (QED) is 0.821. The highest BCUT2D eigenvalue weighted by Gasteiger charge is 2.38. The van der Waals surface area contributed by atoms with E-state index >= 15 is 0 Å². The van der Waals surface area contributed by atoms with Crippen LogP contribution in [0.1, 0.15) is 47.1 Å². The van der Waals surface area contributed by atoms with Crippen molar-refractivity contribution in [3.63, 3.8) is 0 Å². The summed E-state index contributed by atoms with van der Waals surface area (Å²) in [6.07, 6.45) is 5.17. The van der Waals surface area contributed by atoms with E-state index in [4.69, 9.17) is 4.74 Å². The standard InChI is InChI=1S/C17H24N4O2/c1-11-18-9-13(16(19-11)12-3-4-12)17(22)21-6-5-15-14(10-21)20(2)7-8-23-15/h9,12,14-15H,3-8,10H2,1-2H3/t14-,15+/m0/s1. The number of likely N-dealkylation sites (N-methyl/N-ethyl adjacent to an activating group) is 1. The van der Waals surface area contributed by atoms with Crippen LogP contribution < -0.4 is 0 Å². The Morgan fingerprint density at radius 3 is 2.91 bits per heavy atom. The SMILES string of the molecule is Cc1ncc(C(=O)N2CC[C@H]3OCCN(C)[C@H]3C2)c(C2CC2)n1. The molecule has 2 atom stereocenters. The normalized spacial score (nSPS) is 28.5. The molecule has 0 radical (unpaired) electrons. The van der Waals surface area contributed by atoms with Crippen LogP contribution in [0.25, 0.3) is 0 Å². The average Bonchev–Trinajstić information content (AvgIpc) is 3.39. The predicted octanol–water partition coefficient (Wildman–Crippen LogP) is 1.21. The zero-order chi connectivity index (χ0) is 16.0. The van der Waals surface area contributed by atoms with E-state index in [0.717, 1.165) is 57.0 Å². The zero-order valence-corrected chi connectivity index (χ0v) is 13.9. The van der Waals surface area contributed by atoms with Gasteiger partial charge in [-0.15, -0.1) is 0 Å². The third-order valence-electron chi connectivity index (χ3n) is 5.28. The molecule has 0 bridgehead atoms. The number of ether oxygens (including phenoxy) is 1. The fourth-order valence-corrected chi connectivity index (χ4v) is 3.72. The van der Waals surface area contributed by atoms with Crippen LogP contribution in [0.5, 0.6) is 0 Å². The molecular weight excluding hydrogens is 292 g/mol. The van der Waals surface area contributed by atoms with Crippen molar-refractivity contribution in [2.24, 2.45) is 0 Å². The molecule has 3 aliphatic rings. The molecule has 2 aliphatic heterocycles. The largest absolute Gasteiger partial charge is 0.375 e. The first kappa shape index (κ1) is 15.0. The fraction of sp³-hybridized carbons (Fsp3) is 0.706. The molecule has 6 nitrogen and oxygen atoms in total. The van der Waals surface area contributed by atoms with Crippen LogP contribution in [0.3, 0.4) is 0 Å². The van der Waals surface area contributed by atoms with E-state index in [1.54, 1.807) is 6.20 Å². The second-order valence-corrected chi connectivity index (χ2v) is 6.99. The first-order valence-electron chi connectivity index (χ1n) is 8.58. The maximum absolute atomic E-state index is 13.0. The number of carbonyl (C=O) groups is 1. The van der Waals surface area contributed by atoms with Crippen LogP contribution >= 0.6 is 0 Å². The van der Waals surface area contributed by atoms with Crippen LogP contribution in [0.4, 0.5) is 0 Å². The Hall–Kier alpha value is -1.53. The number of aryl methyl sites for hydroxylation is 1. The van der Waals surface area contributed by atoms with Gasteiger partial charge in [0.2, 0.25) is 0 Å². The van der Waals surface area contributed by atoms with Crippen LogP contribution in [0, 0.1) is 6.92 Å². The lowest BCUT2D eigenvalue weighted by Gasteiger charge is -2.45. The molecule has 1 aliphatic carbocycles. The van der Waals surface area contributed by atoms with Crippen molar-refractivity contribution < 1.29 is 9.53 Å². The Balaban J connectivity index is 1.55. The molecule has 0 N–H and O–H groups in total. The highest BCUT2D eigenvalue weighted by atomic mass is 16.5. The number of amides is 1. The smallest absolute Gasteiger partial charge is 0.257 e. The Morgan fingerprint density at radius 2 is 2.13 bits per heavy atom. The summed E-state index contributed by atoms with van der Waals surface area (Å²) >= 11 is 0. The number of morpholine rings is 1. The Kier molecular flexibility index (Phi) is 3.81. The number of carbonyl (C=O) groups excluding carboxylic acids is 1. The van der Waals surface area contributed by atoms with Crippen molar-refractivity contribution in [3.8, 4) is 0 Å². The number of hydrogen-bond donors (Lipinski definition) is 0. The number of piperidine rings is 1. The molecule has 3 fully saturated rings. The molecule has 6 heteroatoms. The predicted molar refractivity (Wildman–Crippen MR) is 85.4 cm³/mol. The van der Waals surface area contributed by atoms with Crippen LogP contribution in [0.15, 0.2) is 6.20 Å². The van der Waals surface area contributed by atoms with Gasteiger partial charge in [0.15, 0.2) is 0 Å². The topological polar surface area (TPSA) is 58.6 Å². The minimum absolute atomic E-state index is 0.0873. The lowest BCUT2D eigenvalue weighted by Crippen LogP contribution is -2.59. The summed E-state index contributed by atoms with van der Waals surface area (Å²) in [5, 5.41) is 0. The van der Waals surface area contributed by atoms with Gasteiger partial charge in [-0.05, 0) is 33.2 Å². The Bertz CT molecular complexity index is 617. The molecule has 0 unspecified atom stereocenters. The van der Waals surface area contributed by atoms with E-state index in [9.17, 15) is 4.79 Å². The maximum atomic E-state index is 13.0. The summed E-state index contributed by atoms with van der Waals surface area (Å²) in [4.78, 5) is 26.1. The molecule has 124 valence electrons. The second kappa shape index (κ2) is 5.83. The molecule has 0 spiro atoms. The summed E-state index contributed by atoms with van der Waals surface area (Å²) in [7, 11) is 2.12. The van der Waals surface area contributed by atoms with E-state index in [1.807, 2.05) is 11.8 Å². The summed E-state index contributed by atoms with van der Waals surface area (Å²) < 4.78 is 5.87. The number of fused-ring (bicyclic) bond motifs is 1. The Labute approximate surface area is 136 Å². The maximum Gasteiger partial charge on any atom is 0.257 e. The second-order valence-electron chi connectivity index (χ2n) is 6.99. The van der Waals surface area contributed by atoms with Gasteiger partial charge in [0.25, 0.3) is 5.91 Å². The van der Waals surface area contributed by atoms with Crippen LogP contribution in [-0.4, -0.2) is 71.1 Å². The summed E-state index contributed by atoms with van der Waals surface area (Å²) in [6, 6.07) is 0.303. The van der Waals surface area contributed by atoms with Crippen molar-refractivity contribution in [2.45, 2.75) is 44.2 Å². The van der Waals surface area contributed by atoms with Gasteiger partial charge in [-0.1, -0.05) is 0 Å². The highest BCUT2D eigenvalue weighted by Crippen LogP contribution is 2.40. The first-order chi connectivity index (χ1) is 11.1. The minimum atomic E-state index is 0.0873. The average molecular weight is 316 g/mol. The van der Waals surface area contributed by atoms with Crippen molar-refractivity contribution in [2.75, 3.05) is 33.3 Å². The number of nitrogens with zero attached hydrogens (tertiary/aromatic N) is 4. The molecule has 1 aromatic heterocycles. The lowest BCUT2D eigenvalue weighted by molar-refractivity contribution is -0.0893. The lowest BCUT2D eigenvalue weighted by atomic mass is 9.98. The van der Waals surface area contributed by atoms with Crippen LogP contribution in [-0.2, 0) is 4.74 Å². The van der Waals surface area contributed by atoms with Crippen molar-refractivity contribution in [1.82, 2.24) is 19.8 Å². The van der Waals surface area contributed by atoms with Gasteiger partial charge in [-0.2, -0.15) is 0 Å². The van der Waals surface area contributed by atoms with Gasteiger partial charge < -0.3 is 9.64 Å². The molecule has 2 saturated heterocycles. The molecule has 23 heavy (non-hydrogen) atoms. The van der Waals surface area contributed by atoms with Crippen molar-refractivity contribution >= 4 is 5.91 Å². The summed E-state index contributed by atoms with van der Waals surface area (Å²) in [5.41, 5.74) is 1.66. The molecule has 1 aromatic rings. The molecule has 3 heterocycles. The van der Waals surface area contributed by atoms with Crippen molar-refractivity contribution in [3.05, 3.63) is 23.3 Å². The van der Waals surface area contributed by atoms with Crippen LogP contribution in [0.2, 0.25) is 0 Å². The van der Waals surface area contributed by atoms with Gasteiger partial charge in [-0.25, -0.2) is 9.97 Å². The van der Waals surface area contributed by atoms with Gasteiger partial charge in [0, 0.05) is 31.7 Å².